The Kier molecular flexibility index (Phi) is 6.73. The number of nitrogens with one attached hydrogen (secondary N) is 1. The molecule has 0 atom stereocenters. The highest BCUT2D eigenvalue weighted by Crippen LogP contribution is 2.09. The molecule has 24 heavy (non-hydrogen) atoms. The molecule has 7 heteroatoms. The van der Waals surface area contributed by atoms with Crippen molar-refractivity contribution >= 4 is 17.5 Å². The van der Waals surface area contributed by atoms with E-state index in [0.29, 0.717) is 31.0 Å². The molecule has 1 aromatic carbocycles. The van der Waals surface area contributed by atoms with Crippen LogP contribution >= 0.6 is 0 Å². The molecule has 7 nitrogen and oxygen atoms in total. The third kappa shape index (κ3) is 5.65. The summed E-state index contributed by atoms with van der Waals surface area (Å²) < 4.78 is 5.29. The Balaban J connectivity index is 1.85. The predicted octanol–water partition coefficient (Wildman–Crippen LogP) is 0.677. The molecule has 1 aromatic rings. The largest absolute Gasteiger partial charge is 0.379 e. The quantitative estimate of drug-likeness (QED) is 0.829. The Labute approximate surface area is 141 Å². The highest BCUT2D eigenvalue weighted by Gasteiger charge is 2.16. The van der Waals surface area contributed by atoms with Crippen LogP contribution in [0.1, 0.15) is 12.5 Å². The van der Waals surface area contributed by atoms with E-state index in [0.717, 1.165) is 19.6 Å². The summed E-state index contributed by atoms with van der Waals surface area (Å²) in [6.07, 6.45) is 0. The molecule has 0 aromatic heterocycles. The second-order valence-electron chi connectivity index (χ2n) is 5.64. The summed E-state index contributed by atoms with van der Waals surface area (Å²) in [7, 11) is 0. The van der Waals surface area contributed by atoms with Crippen molar-refractivity contribution in [1.29, 1.82) is 5.26 Å². The van der Waals surface area contributed by atoms with Gasteiger partial charge in [0.05, 0.1) is 31.4 Å². The molecular weight excluding hydrogens is 308 g/mol. The van der Waals surface area contributed by atoms with Crippen molar-refractivity contribution in [3.05, 3.63) is 29.8 Å². The van der Waals surface area contributed by atoms with E-state index in [1.807, 2.05) is 6.07 Å². The van der Waals surface area contributed by atoms with Gasteiger partial charge in [0.25, 0.3) is 0 Å². The van der Waals surface area contributed by atoms with Gasteiger partial charge in [-0.2, -0.15) is 5.26 Å². The lowest BCUT2D eigenvalue weighted by Gasteiger charge is -2.29. The smallest absolute Gasteiger partial charge is 0.243 e. The van der Waals surface area contributed by atoms with Gasteiger partial charge in [0.15, 0.2) is 0 Å². The number of benzene rings is 1. The minimum absolute atomic E-state index is 0.00352. The summed E-state index contributed by atoms with van der Waals surface area (Å²) in [6, 6.07) is 8.71. The van der Waals surface area contributed by atoms with Gasteiger partial charge in [-0.25, -0.2) is 0 Å². The number of hydrogen-bond donors (Lipinski definition) is 1. The Morgan fingerprint density at radius 3 is 2.79 bits per heavy atom. The van der Waals surface area contributed by atoms with E-state index in [1.54, 1.807) is 24.3 Å². The summed E-state index contributed by atoms with van der Waals surface area (Å²) in [5.41, 5.74) is 1.03. The maximum absolute atomic E-state index is 12.2. The number of hydrogen-bond acceptors (Lipinski definition) is 5. The predicted molar refractivity (Wildman–Crippen MR) is 89.3 cm³/mol. The summed E-state index contributed by atoms with van der Waals surface area (Å²) >= 11 is 0. The zero-order valence-electron chi connectivity index (χ0n) is 13.8. The number of carbonyl (C=O) groups is 2. The molecule has 1 fully saturated rings. The summed E-state index contributed by atoms with van der Waals surface area (Å²) in [5.74, 6) is -0.411. The lowest BCUT2D eigenvalue weighted by molar-refractivity contribution is -0.133. The van der Waals surface area contributed by atoms with E-state index < -0.39 is 0 Å². The van der Waals surface area contributed by atoms with Crippen LogP contribution in [-0.2, 0) is 14.3 Å². The van der Waals surface area contributed by atoms with Crippen molar-refractivity contribution in [3.63, 3.8) is 0 Å². The lowest BCUT2D eigenvalue weighted by Crippen LogP contribution is -2.44. The highest BCUT2D eigenvalue weighted by atomic mass is 16.5. The van der Waals surface area contributed by atoms with E-state index in [9.17, 15) is 9.59 Å². The van der Waals surface area contributed by atoms with Crippen LogP contribution < -0.4 is 5.32 Å². The van der Waals surface area contributed by atoms with Gasteiger partial charge in [0.2, 0.25) is 11.8 Å². The van der Waals surface area contributed by atoms with Crippen LogP contribution in [0.5, 0.6) is 0 Å². The number of nitriles is 1. The van der Waals surface area contributed by atoms with E-state index in [1.165, 1.54) is 11.8 Å². The molecule has 0 aliphatic carbocycles. The first-order chi connectivity index (χ1) is 11.6. The van der Waals surface area contributed by atoms with Gasteiger partial charge >= 0.3 is 0 Å². The maximum atomic E-state index is 12.2. The van der Waals surface area contributed by atoms with E-state index in [-0.39, 0.29) is 18.4 Å². The summed E-state index contributed by atoms with van der Waals surface area (Å²) in [6.45, 7) is 5.78. The van der Waals surface area contributed by atoms with Crippen LogP contribution in [0.2, 0.25) is 0 Å². The number of anilines is 1. The molecule has 0 radical (unpaired) electrons. The third-order valence-corrected chi connectivity index (χ3v) is 3.85. The molecule has 1 aliphatic heterocycles. The van der Waals surface area contributed by atoms with Crippen molar-refractivity contribution in [2.45, 2.75) is 6.92 Å². The molecular formula is C17H22N4O3. The monoisotopic (exact) mass is 330 g/mol. The number of morpholine rings is 1. The molecule has 2 amide bonds. The molecule has 0 unspecified atom stereocenters. The standard InChI is InChI=1S/C17H22N4O3/c1-14(22)21(6-5-20-7-9-24-10-8-20)13-17(23)19-16-4-2-3-15(11-16)12-18/h2-4,11H,5-10,13H2,1H3,(H,19,23). The van der Waals surface area contributed by atoms with Crippen LogP contribution in [0.25, 0.3) is 0 Å². The van der Waals surface area contributed by atoms with Gasteiger partial charge in [0, 0.05) is 38.8 Å². The van der Waals surface area contributed by atoms with Gasteiger partial charge in [0.1, 0.15) is 0 Å². The number of nitrogens with zero attached hydrogens (tertiary/aromatic N) is 3. The molecule has 1 aliphatic rings. The molecule has 128 valence electrons. The summed E-state index contributed by atoms with van der Waals surface area (Å²) in [5, 5.41) is 11.6. The Morgan fingerprint density at radius 2 is 2.12 bits per heavy atom. The first kappa shape index (κ1) is 17.9. The van der Waals surface area contributed by atoms with Crippen LogP contribution in [-0.4, -0.2) is 67.6 Å². The fourth-order valence-electron chi connectivity index (χ4n) is 2.48. The van der Waals surface area contributed by atoms with E-state index in [2.05, 4.69) is 10.2 Å². The minimum atomic E-state index is -0.276. The number of carbonyl (C=O) groups excluding carboxylic acids is 2. The number of amides is 2. The third-order valence-electron chi connectivity index (χ3n) is 3.85. The molecule has 0 bridgehead atoms. The first-order valence-corrected chi connectivity index (χ1v) is 7.94. The van der Waals surface area contributed by atoms with Crippen molar-refractivity contribution in [2.75, 3.05) is 51.3 Å². The van der Waals surface area contributed by atoms with E-state index >= 15 is 0 Å². The van der Waals surface area contributed by atoms with Gasteiger partial charge < -0.3 is 15.0 Å². The average Bonchev–Trinajstić information content (AvgIpc) is 2.59. The molecule has 1 heterocycles. The molecule has 1 saturated heterocycles. The molecule has 2 rings (SSSR count). The second kappa shape index (κ2) is 9.01. The van der Waals surface area contributed by atoms with Gasteiger partial charge in [-0.15, -0.1) is 0 Å². The van der Waals surface area contributed by atoms with Crippen molar-refractivity contribution in [2.24, 2.45) is 0 Å². The summed E-state index contributed by atoms with van der Waals surface area (Å²) in [4.78, 5) is 27.7. The zero-order valence-corrected chi connectivity index (χ0v) is 13.8. The fourth-order valence-corrected chi connectivity index (χ4v) is 2.48. The van der Waals surface area contributed by atoms with Gasteiger partial charge in [-0.05, 0) is 18.2 Å². The van der Waals surface area contributed by atoms with Crippen molar-refractivity contribution in [1.82, 2.24) is 9.80 Å². The Bertz CT molecular complexity index is 621. The van der Waals surface area contributed by atoms with Crippen molar-refractivity contribution in [3.8, 4) is 6.07 Å². The SMILES string of the molecule is CC(=O)N(CCN1CCOCC1)CC(=O)Nc1cccc(C#N)c1. The van der Waals surface area contributed by atoms with Crippen LogP contribution in [0.15, 0.2) is 24.3 Å². The van der Waals surface area contributed by atoms with Gasteiger partial charge in [-0.3, -0.25) is 14.5 Å². The topological polar surface area (TPSA) is 85.7 Å². The molecule has 0 saturated carbocycles. The second-order valence-corrected chi connectivity index (χ2v) is 5.64. The fraction of sp³-hybridized carbons (Fsp3) is 0.471. The van der Waals surface area contributed by atoms with Crippen LogP contribution in [0.4, 0.5) is 5.69 Å². The highest BCUT2D eigenvalue weighted by molar-refractivity contribution is 5.94. The van der Waals surface area contributed by atoms with Crippen LogP contribution in [0.3, 0.4) is 0 Å². The Hall–Kier alpha value is -2.43. The van der Waals surface area contributed by atoms with Crippen molar-refractivity contribution < 1.29 is 14.3 Å². The molecule has 1 N–H and O–H groups in total. The maximum Gasteiger partial charge on any atom is 0.243 e. The Morgan fingerprint density at radius 1 is 1.38 bits per heavy atom. The molecule has 0 spiro atoms. The van der Waals surface area contributed by atoms with E-state index in [4.69, 9.17) is 10.00 Å². The zero-order chi connectivity index (χ0) is 17.4. The first-order valence-electron chi connectivity index (χ1n) is 7.94. The van der Waals surface area contributed by atoms with Crippen LogP contribution in [0, 0.1) is 11.3 Å². The lowest BCUT2D eigenvalue weighted by atomic mass is 10.2. The number of ether oxygens (including phenoxy) is 1. The number of rotatable bonds is 6. The average molecular weight is 330 g/mol. The van der Waals surface area contributed by atoms with Gasteiger partial charge in [-0.1, -0.05) is 6.07 Å². The minimum Gasteiger partial charge on any atom is -0.379 e. The normalized spacial score (nSPS) is 14.7.